The highest BCUT2D eigenvalue weighted by Crippen LogP contribution is 2.20. The van der Waals surface area contributed by atoms with Gasteiger partial charge in [0.1, 0.15) is 5.75 Å². The molecule has 0 saturated heterocycles. The van der Waals surface area contributed by atoms with Gasteiger partial charge in [-0.1, -0.05) is 59.4 Å². The van der Waals surface area contributed by atoms with Crippen LogP contribution in [0.1, 0.15) is 39.0 Å². The van der Waals surface area contributed by atoms with Crippen molar-refractivity contribution in [2.75, 3.05) is 13.3 Å². The smallest absolute Gasteiger partial charge is 0.126 e. The molecule has 90 valence electrons. The lowest BCUT2D eigenvalue weighted by atomic mass is 10.2. The molecule has 1 nitrogen and oxygen atoms in total. The Hall–Kier alpha value is -0.550. The highest BCUT2D eigenvalue weighted by Gasteiger charge is 2.00. The molecule has 16 heavy (non-hydrogen) atoms. The van der Waals surface area contributed by atoms with Crippen LogP contribution in [0.15, 0.2) is 24.3 Å². The first-order chi connectivity index (χ1) is 7.88. The van der Waals surface area contributed by atoms with Crippen LogP contribution in [-0.2, 0) is 0 Å². The molecular formula is C14H23OP. The second kappa shape index (κ2) is 8.58. The molecule has 0 heterocycles. The first-order valence-corrected chi connectivity index (χ1v) is 7.46. The minimum atomic E-state index is 0.897. The molecule has 2 heteroatoms. The molecular weight excluding hydrogens is 215 g/mol. The maximum absolute atomic E-state index is 5.35. The number of rotatable bonds is 8. The number of methoxy groups -OCH3 is 1. The van der Waals surface area contributed by atoms with Crippen molar-refractivity contribution in [2.45, 2.75) is 39.0 Å². The Morgan fingerprint density at radius 1 is 1.06 bits per heavy atom. The SMILES string of the molecule is CCCCCCCPc1ccccc1OC. The quantitative estimate of drug-likeness (QED) is 0.492. The van der Waals surface area contributed by atoms with Gasteiger partial charge in [-0.05, 0) is 18.6 Å². The van der Waals surface area contributed by atoms with Crippen molar-refractivity contribution in [1.29, 1.82) is 0 Å². The van der Waals surface area contributed by atoms with Crippen LogP contribution in [0.5, 0.6) is 5.75 Å². The fourth-order valence-corrected chi connectivity index (χ4v) is 3.01. The number of para-hydroxylation sites is 1. The van der Waals surface area contributed by atoms with Gasteiger partial charge in [0.15, 0.2) is 0 Å². The summed E-state index contributed by atoms with van der Waals surface area (Å²) in [5, 5.41) is 1.38. The first-order valence-electron chi connectivity index (χ1n) is 6.25. The molecule has 0 radical (unpaired) electrons. The highest BCUT2D eigenvalue weighted by molar-refractivity contribution is 7.47. The van der Waals surface area contributed by atoms with Gasteiger partial charge in [-0.25, -0.2) is 0 Å². The number of hydrogen-bond donors (Lipinski definition) is 0. The second-order valence-corrected chi connectivity index (χ2v) is 5.43. The average molecular weight is 238 g/mol. The van der Waals surface area contributed by atoms with Crippen LogP contribution in [0.25, 0.3) is 0 Å². The van der Waals surface area contributed by atoms with Crippen molar-refractivity contribution in [3.05, 3.63) is 24.3 Å². The summed E-state index contributed by atoms with van der Waals surface area (Å²) in [5.74, 6) is 1.05. The minimum Gasteiger partial charge on any atom is -0.496 e. The maximum atomic E-state index is 5.35. The molecule has 0 aliphatic rings. The third-order valence-corrected chi connectivity index (χ3v) is 4.10. The van der Waals surface area contributed by atoms with E-state index in [0.29, 0.717) is 0 Å². The predicted molar refractivity (Wildman–Crippen MR) is 74.6 cm³/mol. The number of hydrogen-bond acceptors (Lipinski definition) is 1. The average Bonchev–Trinajstić information content (AvgIpc) is 2.34. The fraction of sp³-hybridized carbons (Fsp3) is 0.571. The zero-order chi connectivity index (χ0) is 11.6. The van der Waals surface area contributed by atoms with Gasteiger partial charge in [-0.3, -0.25) is 0 Å². The van der Waals surface area contributed by atoms with Crippen molar-refractivity contribution in [1.82, 2.24) is 0 Å². The second-order valence-electron chi connectivity index (χ2n) is 4.04. The van der Waals surface area contributed by atoms with Crippen molar-refractivity contribution in [3.8, 4) is 5.75 Å². The first kappa shape index (κ1) is 13.5. The Morgan fingerprint density at radius 3 is 2.56 bits per heavy atom. The lowest BCUT2D eigenvalue weighted by Crippen LogP contribution is -2.01. The Balaban J connectivity index is 2.21. The van der Waals surface area contributed by atoms with Gasteiger partial charge < -0.3 is 4.74 Å². The van der Waals surface area contributed by atoms with E-state index in [-0.39, 0.29) is 0 Å². The van der Waals surface area contributed by atoms with E-state index in [1.54, 1.807) is 7.11 Å². The predicted octanol–water partition coefficient (Wildman–Crippen LogP) is 3.97. The van der Waals surface area contributed by atoms with Crippen LogP contribution in [-0.4, -0.2) is 13.3 Å². The van der Waals surface area contributed by atoms with Crippen LogP contribution in [0.4, 0.5) is 0 Å². The molecule has 0 aliphatic heterocycles. The van der Waals surface area contributed by atoms with E-state index >= 15 is 0 Å². The van der Waals surface area contributed by atoms with Gasteiger partial charge in [0.05, 0.1) is 7.11 Å². The topological polar surface area (TPSA) is 9.23 Å². The van der Waals surface area contributed by atoms with Crippen LogP contribution >= 0.6 is 8.58 Å². The van der Waals surface area contributed by atoms with Gasteiger partial charge >= 0.3 is 0 Å². The Morgan fingerprint density at radius 2 is 1.81 bits per heavy atom. The van der Waals surface area contributed by atoms with E-state index in [0.717, 1.165) is 14.3 Å². The van der Waals surface area contributed by atoms with E-state index in [1.807, 2.05) is 6.07 Å². The summed E-state index contributed by atoms with van der Waals surface area (Å²) in [4.78, 5) is 0. The summed E-state index contributed by atoms with van der Waals surface area (Å²) < 4.78 is 5.35. The lowest BCUT2D eigenvalue weighted by Gasteiger charge is -2.07. The molecule has 0 amide bonds. The maximum Gasteiger partial charge on any atom is 0.126 e. The van der Waals surface area contributed by atoms with Gasteiger partial charge in [-0.15, -0.1) is 0 Å². The Labute approximate surface area is 101 Å². The van der Waals surface area contributed by atoms with Crippen molar-refractivity contribution < 1.29 is 4.74 Å². The van der Waals surface area contributed by atoms with E-state index in [9.17, 15) is 0 Å². The third kappa shape index (κ3) is 4.99. The normalized spacial score (nSPS) is 11.1. The molecule has 0 N–H and O–H groups in total. The molecule has 1 rings (SSSR count). The number of unbranched alkanes of at least 4 members (excludes halogenated alkanes) is 4. The molecule has 0 aliphatic carbocycles. The van der Waals surface area contributed by atoms with Gasteiger partial charge in [0.25, 0.3) is 0 Å². The van der Waals surface area contributed by atoms with E-state index in [1.165, 1.54) is 43.6 Å². The van der Waals surface area contributed by atoms with E-state index in [2.05, 4.69) is 25.1 Å². The van der Waals surface area contributed by atoms with Crippen molar-refractivity contribution in [3.63, 3.8) is 0 Å². The molecule has 0 bridgehead atoms. The van der Waals surface area contributed by atoms with Crippen LogP contribution < -0.4 is 10.0 Å². The summed E-state index contributed by atoms with van der Waals surface area (Å²) in [7, 11) is 2.65. The fourth-order valence-electron chi connectivity index (χ4n) is 1.74. The van der Waals surface area contributed by atoms with E-state index in [4.69, 9.17) is 4.74 Å². The lowest BCUT2D eigenvalue weighted by molar-refractivity contribution is 0.418. The molecule has 1 aromatic carbocycles. The molecule has 0 aromatic heterocycles. The standard InChI is InChI=1S/C14H23OP/c1-3-4-5-6-9-12-16-14-11-8-7-10-13(14)15-2/h7-8,10-11,16H,3-6,9,12H2,1-2H3. The van der Waals surface area contributed by atoms with Gasteiger partial charge in [0, 0.05) is 5.30 Å². The third-order valence-electron chi connectivity index (χ3n) is 2.70. The Kier molecular flexibility index (Phi) is 7.25. The zero-order valence-corrected chi connectivity index (χ0v) is 11.5. The molecule has 0 fully saturated rings. The minimum absolute atomic E-state index is 0.897. The Bertz CT molecular complexity index is 286. The summed E-state index contributed by atoms with van der Waals surface area (Å²) >= 11 is 0. The highest BCUT2D eigenvalue weighted by atomic mass is 31.1. The summed E-state index contributed by atoms with van der Waals surface area (Å²) in [6.45, 7) is 2.26. The summed E-state index contributed by atoms with van der Waals surface area (Å²) in [6, 6.07) is 8.37. The number of ether oxygens (including phenoxy) is 1. The zero-order valence-electron chi connectivity index (χ0n) is 10.5. The summed E-state index contributed by atoms with van der Waals surface area (Å²) in [6.07, 6.45) is 8.16. The van der Waals surface area contributed by atoms with Gasteiger partial charge in [0.2, 0.25) is 0 Å². The molecule has 1 aromatic rings. The van der Waals surface area contributed by atoms with Crippen LogP contribution in [0, 0.1) is 0 Å². The molecule has 1 atom stereocenters. The van der Waals surface area contributed by atoms with Crippen LogP contribution in [0.2, 0.25) is 0 Å². The summed E-state index contributed by atoms with van der Waals surface area (Å²) in [5.41, 5.74) is 0. The number of benzene rings is 1. The largest absolute Gasteiger partial charge is 0.496 e. The van der Waals surface area contributed by atoms with Gasteiger partial charge in [-0.2, -0.15) is 0 Å². The van der Waals surface area contributed by atoms with E-state index < -0.39 is 0 Å². The molecule has 0 saturated carbocycles. The van der Waals surface area contributed by atoms with Crippen molar-refractivity contribution in [2.24, 2.45) is 0 Å². The van der Waals surface area contributed by atoms with Crippen LogP contribution in [0.3, 0.4) is 0 Å². The van der Waals surface area contributed by atoms with Crippen molar-refractivity contribution >= 4 is 13.9 Å². The molecule has 1 unspecified atom stereocenters. The monoisotopic (exact) mass is 238 g/mol. The molecule has 0 spiro atoms.